The third-order valence-electron chi connectivity index (χ3n) is 9.70. The number of hydrogen-bond donors (Lipinski definition) is 0. The summed E-state index contributed by atoms with van der Waals surface area (Å²) in [6.07, 6.45) is 1.93. The minimum Gasteiger partial charge on any atom is -0.254 e. The first-order valence-electron chi connectivity index (χ1n) is 16.8. The molecular weight excluding hydrogens is 609 g/mol. The fourth-order valence-corrected chi connectivity index (χ4v) is 7.16. The third-order valence-corrected chi connectivity index (χ3v) is 9.70. The summed E-state index contributed by atoms with van der Waals surface area (Å²) >= 11 is 0. The van der Waals surface area contributed by atoms with Crippen molar-refractivity contribution in [3.05, 3.63) is 170 Å². The van der Waals surface area contributed by atoms with Gasteiger partial charge in [0, 0.05) is 49.8 Å². The number of benzene rings is 6. The number of rotatable bonds is 4. The van der Waals surface area contributed by atoms with Crippen LogP contribution >= 0.6 is 0 Å². The van der Waals surface area contributed by atoms with Gasteiger partial charge in [-0.3, -0.25) is 4.98 Å². The van der Waals surface area contributed by atoms with Gasteiger partial charge in [0.15, 0.2) is 0 Å². The quantitative estimate of drug-likeness (QED) is 0.180. The number of nitrogens with zero attached hydrogens (tertiary/aromatic N) is 4. The lowest BCUT2D eigenvalue weighted by Gasteiger charge is -2.13. The summed E-state index contributed by atoms with van der Waals surface area (Å²) < 4.78 is 0. The van der Waals surface area contributed by atoms with Crippen molar-refractivity contribution in [3.8, 4) is 45.0 Å². The van der Waals surface area contributed by atoms with Crippen LogP contribution in [0, 0.1) is 0 Å². The Morgan fingerprint density at radius 1 is 0.320 bits per heavy atom. The smallest absolute Gasteiger partial charge is 0.0973 e. The molecule has 232 valence electrons. The van der Waals surface area contributed by atoms with Crippen molar-refractivity contribution in [2.45, 2.75) is 0 Å². The van der Waals surface area contributed by atoms with Crippen LogP contribution < -0.4 is 0 Å². The first-order valence-corrected chi connectivity index (χ1v) is 16.8. The van der Waals surface area contributed by atoms with Gasteiger partial charge in [-0.05, 0) is 40.6 Å². The highest BCUT2D eigenvalue weighted by molar-refractivity contribution is 6.22. The number of para-hydroxylation sites is 1. The van der Waals surface area contributed by atoms with Crippen molar-refractivity contribution in [2.75, 3.05) is 0 Å². The zero-order valence-corrected chi connectivity index (χ0v) is 27.0. The van der Waals surface area contributed by atoms with Gasteiger partial charge < -0.3 is 0 Å². The molecule has 0 aliphatic rings. The fourth-order valence-electron chi connectivity index (χ4n) is 7.16. The molecule has 4 heterocycles. The molecule has 0 bridgehead atoms. The molecule has 10 aromatic rings. The summed E-state index contributed by atoms with van der Waals surface area (Å²) in [5.41, 5.74) is 10.6. The van der Waals surface area contributed by atoms with Crippen molar-refractivity contribution >= 4 is 54.3 Å². The number of aromatic nitrogens is 4. The van der Waals surface area contributed by atoms with Crippen LogP contribution in [0.1, 0.15) is 0 Å². The standard InChI is InChI=1S/C46H28N4/c1-2-9-31(10-3-1)39-25-21-33-18-19-34-22-27-42(50-46(34)45(33)48-39)41-26-23-35(28-47-41)29-14-16-32(17-15-29)44-38-24-20-30-8-4-5-11-36(30)43(38)37-12-6-7-13-40(37)49-44/h1-28H. The van der Waals surface area contributed by atoms with Crippen molar-refractivity contribution < 1.29 is 0 Å². The van der Waals surface area contributed by atoms with E-state index in [1.54, 1.807) is 0 Å². The van der Waals surface area contributed by atoms with Gasteiger partial charge in [0.25, 0.3) is 0 Å². The van der Waals surface area contributed by atoms with Crippen molar-refractivity contribution in [1.82, 2.24) is 19.9 Å². The summed E-state index contributed by atoms with van der Waals surface area (Å²) in [4.78, 5) is 20.2. The topological polar surface area (TPSA) is 51.6 Å². The van der Waals surface area contributed by atoms with E-state index >= 15 is 0 Å². The Balaban J connectivity index is 1.000. The van der Waals surface area contributed by atoms with Gasteiger partial charge in [-0.25, -0.2) is 15.0 Å². The fraction of sp³-hybridized carbons (Fsp3) is 0. The molecule has 0 saturated heterocycles. The van der Waals surface area contributed by atoms with Crippen LogP contribution in [0.5, 0.6) is 0 Å². The van der Waals surface area contributed by atoms with E-state index in [0.717, 1.165) is 77.7 Å². The zero-order valence-electron chi connectivity index (χ0n) is 27.0. The van der Waals surface area contributed by atoms with Crippen LogP contribution in [0.4, 0.5) is 0 Å². The number of hydrogen-bond acceptors (Lipinski definition) is 4. The molecule has 0 atom stereocenters. The minimum atomic E-state index is 0.820. The van der Waals surface area contributed by atoms with Crippen LogP contribution in [-0.2, 0) is 0 Å². The van der Waals surface area contributed by atoms with E-state index in [1.807, 2.05) is 30.5 Å². The van der Waals surface area contributed by atoms with E-state index in [0.29, 0.717) is 0 Å². The average Bonchev–Trinajstić information content (AvgIpc) is 3.20. The number of pyridine rings is 4. The molecule has 10 rings (SSSR count). The van der Waals surface area contributed by atoms with Crippen molar-refractivity contribution in [2.24, 2.45) is 0 Å². The molecule has 0 radical (unpaired) electrons. The molecule has 4 heteroatoms. The first kappa shape index (κ1) is 28.3. The molecule has 6 aromatic carbocycles. The summed E-state index contributed by atoms with van der Waals surface area (Å²) in [5.74, 6) is 0. The Labute approximate surface area is 288 Å². The second-order valence-electron chi connectivity index (χ2n) is 12.7. The van der Waals surface area contributed by atoms with Crippen LogP contribution in [0.2, 0.25) is 0 Å². The second-order valence-corrected chi connectivity index (χ2v) is 12.7. The highest BCUT2D eigenvalue weighted by atomic mass is 14.8. The molecule has 0 saturated carbocycles. The predicted molar refractivity (Wildman–Crippen MR) is 207 cm³/mol. The second kappa shape index (κ2) is 11.4. The summed E-state index contributed by atoms with van der Waals surface area (Å²) in [6.45, 7) is 0. The average molecular weight is 637 g/mol. The molecule has 4 nitrogen and oxygen atoms in total. The van der Waals surface area contributed by atoms with E-state index in [4.69, 9.17) is 19.9 Å². The zero-order chi connectivity index (χ0) is 33.0. The maximum Gasteiger partial charge on any atom is 0.0973 e. The van der Waals surface area contributed by atoms with Gasteiger partial charge in [-0.2, -0.15) is 0 Å². The van der Waals surface area contributed by atoms with Crippen molar-refractivity contribution in [1.29, 1.82) is 0 Å². The maximum atomic E-state index is 5.16. The molecule has 0 aliphatic heterocycles. The predicted octanol–water partition coefficient (Wildman–Crippen LogP) is 11.7. The van der Waals surface area contributed by atoms with Gasteiger partial charge in [0.2, 0.25) is 0 Å². The van der Waals surface area contributed by atoms with Gasteiger partial charge in [-0.1, -0.05) is 140 Å². The molecule has 0 N–H and O–H groups in total. The largest absolute Gasteiger partial charge is 0.254 e. The van der Waals surface area contributed by atoms with Gasteiger partial charge >= 0.3 is 0 Å². The SMILES string of the molecule is c1ccc(-c2ccc3ccc4ccc(-c5ccc(-c6ccc(-c7nc8ccccc8c8c7ccc7ccccc78)cc6)cn5)nc4c3n2)cc1. The van der Waals surface area contributed by atoms with Crippen LogP contribution in [0.15, 0.2) is 170 Å². The van der Waals surface area contributed by atoms with Crippen LogP contribution in [0.25, 0.3) is 99.3 Å². The van der Waals surface area contributed by atoms with Crippen LogP contribution in [-0.4, -0.2) is 19.9 Å². The Morgan fingerprint density at radius 2 is 0.920 bits per heavy atom. The highest BCUT2D eigenvalue weighted by Crippen LogP contribution is 2.37. The Bertz CT molecular complexity index is 2880. The molecule has 0 fully saturated rings. The van der Waals surface area contributed by atoms with E-state index in [-0.39, 0.29) is 0 Å². The van der Waals surface area contributed by atoms with Gasteiger partial charge in [-0.15, -0.1) is 0 Å². The van der Waals surface area contributed by atoms with E-state index < -0.39 is 0 Å². The third kappa shape index (κ3) is 4.69. The lowest BCUT2D eigenvalue weighted by molar-refractivity contribution is 1.27. The van der Waals surface area contributed by atoms with Crippen LogP contribution in [0.3, 0.4) is 0 Å². The van der Waals surface area contributed by atoms with Crippen molar-refractivity contribution in [3.63, 3.8) is 0 Å². The van der Waals surface area contributed by atoms with E-state index in [1.165, 1.54) is 21.5 Å². The minimum absolute atomic E-state index is 0.820. The van der Waals surface area contributed by atoms with E-state index in [9.17, 15) is 0 Å². The maximum absolute atomic E-state index is 5.16. The summed E-state index contributed by atoms with van der Waals surface area (Å²) in [6, 6.07) is 57.1. The van der Waals surface area contributed by atoms with E-state index in [2.05, 4.69) is 140 Å². The summed E-state index contributed by atoms with van der Waals surface area (Å²) in [7, 11) is 0. The highest BCUT2D eigenvalue weighted by Gasteiger charge is 2.14. The Morgan fingerprint density at radius 3 is 1.70 bits per heavy atom. The molecule has 0 unspecified atom stereocenters. The lowest BCUT2D eigenvalue weighted by atomic mass is 9.94. The molecule has 0 amide bonds. The Kier molecular flexibility index (Phi) is 6.46. The number of fused-ring (bicyclic) bond motifs is 8. The monoisotopic (exact) mass is 636 g/mol. The van der Waals surface area contributed by atoms with Gasteiger partial charge in [0.1, 0.15) is 0 Å². The first-order chi connectivity index (χ1) is 24.8. The Hall–Kier alpha value is -6.78. The normalized spacial score (nSPS) is 11.6. The molecule has 50 heavy (non-hydrogen) atoms. The molecule has 0 spiro atoms. The molecule has 4 aromatic heterocycles. The summed E-state index contributed by atoms with van der Waals surface area (Å²) in [5, 5.41) is 8.17. The molecular formula is C46H28N4. The van der Waals surface area contributed by atoms with Gasteiger partial charge in [0.05, 0.1) is 39.3 Å². The molecule has 0 aliphatic carbocycles. The lowest BCUT2D eigenvalue weighted by Crippen LogP contribution is -1.92.